The van der Waals surface area contributed by atoms with Crippen molar-refractivity contribution in [3.63, 3.8) is 0 Å². The number of carbonyl (C=O) groups excluding carboxylic acids is 1. The third kappa shape index (κ3) is 4.84. The normalized spacial score (nSPS) is 11.9. The van der Waals surface area contributed by atoms with E-state index in [9.17, 15) is 9.90 Å². The molecule has 0 spiro atoms. The molecule has 0 fully saturated rings. The molecule has 1 aromatic rings. The Morgan fingerprint density at radius 3 is 2.59 bits per heavy atom. The summed E-state index contributed by atoms with van der Waals surface area (Å²) in [7, 11) is 1.58. The zero-order valence-electron chi connectivity index (χ0n) is 10.1. The van der Waals surface area contributed by atoms with Crippen molar-refractivity contribution >= 4 is 11.7 Å². The van der Waals surface area contributed by atoms with Gasteiger partial charge in [0, 0.05) is 19.3 Å². The van der Waals surface area contributed by atoms with Gasteiger partial charge in [-0.25, -0.2) is 4.79 Å². The predicted molar refractivity (Wildman–Crippen MR) is 66.0 cm³/mol. The maximum absolute atomic E-state index is 11.4. The van der Waals surface area contributed by atoms with E-state index in [0.29, 0.717) is 18.8 Å². The molecule has 1 unspecified atom stereocenters. The first-order chi connectivity index (χ1) is 8.13. The molecule has 1 aromatic carbocycles. The van der Waals surface area contributed by atoms with Crippen LogP contribution < -0.4 is 10.6 Å². The zero-order chi connectivity index (χ0) is 12.7. The van der Waals surface area contributed by atoms with Crippen LogP contribution in [0, 0.1) is 0 Å². The average molecular weight is 238 g/mol. The van der Waals surface area contributed by atoms with Crippen LogP contribution in [0.2, 0.25) is 0 Å². The van der Waals surface area contributed by atoms with E-state index in [-0.39, 0.29) is 6.03 Å². The van der Waals surface area contributed by atoms with Crippen molar-refractivity contribution in [2.75, 3.05) is 25.6 Å². The Morgan fingerprint density at radius 2 is 2.06 bits per heavy atom. The Kier molecular flexibility index (Phi) is 5.45. The molecule has 5 heteroatoms. The Labute approximate surface area is 101 Å². The second kappa shape index (κ2) is 6.88. The summed E-state index contributed by atoms with van der Waals surface area (Å²) in [6, 6.07) is 6.77. The minimum atomic E-state index is -0.500. The number of hydrogen-bond donors (Lipinski definition) is 3. The summed E-state index contributed by atoms with van der Waals surface area (Å²) in [5, 5.41) is 14.7. The second-order valence-corrected chi connectivity index (χ2v) is 3.67. The van der Waals surface area contributed by atoms with Crippen LogP contribution >= 0.6 is 0 Å². The predicted octanol–water partition coefficient (Wildman–Crippen LogP) is 1.51. The Bertz CT molecular complexity index is 349. The highest BCUT2D eigenvalue weighted by molar-refractivity contribution is 5.89. The first kappa shape index (κ1) is 13.5. The topological polar surface area (TPSA) is 70.6 Å². The highest BCUT2D eigenvalue weighted by atomic mass is 16.5. The van der Waals surface area contributed by atoms with Crippen LogP contribution in [0.3, 0.4) is 0 Å². The SMILES string of the molecule is COCCNC(=O)Nc1ccc(C(C)O)cc1. The zero-order valence-corrected chi connectivity index (χ0v) is 10.1. The number of rotatable bonds is 5. The number of aliphatic hydroxyl groups excluding tert-OH is 1. The molecule has 94 valence electrons. The van der Waals surface area contributed by atoms with E-state index in [1.54, 1.807) is 38.3 Å². The van der Waals surface area contributed by atoms with E-state index in [2.05, 4.69) is 10.6 Å². The maximum Gasteiger partial charge on any atom is 0.319 e. The van der Waals surface area contributed by atoms with E-state index in [0.717, 1.165) is 5.56 Å². The summed E-state index contributed by atoms with van der Waals surface area (Å²) < 4.78 is 4.81. The molecule has 0 aliphatic heterocycles. The van der Waals surface area contributed by atoms with Crippen LogP contribution in [-0.2, 0) is 4.74 Å². The molecule has 0 heterocycles. The number of carbonyl (C=O) groups is 1. The molecule has 2 amide bonds. The van der Waals surface area contributed by atoms with Gasteiger partial charge in [-0.05, 0) is 24.6 Å². The lowest BCUT2D eigenvalue weighted by atomic mass is 10.1. The van der Waals surface area contributed by atoms with Gasteiger partial charge in [-0.3, -0.25) is 0 Å². The lowest BCUT2D eigenvalue weighted by molar-refractivity contribution is 0.198. The number of methoxy groups -OCH3 is 1. The largest absolute Gasteiger partial charge is 0.389 e. The highest BCUT2D eigenvalue weighted by Crippen LogP contribution is 2.15. The number of anilines is 1. The third-order valence-electron chi connectivity index (χ3n) is 2.24. The maximum atomic E-state index is 11.4. The van der Waals surface area contributed by atoms with Gasteiger partial charge in [-0.1, -0.05) is 12.1 Å². The summed E-state index contributed by atoms with van der Waals surface area (Å²) in [5.41, 5.74) is 1.50. The van der Waals surface area contributed by atoms with Crippen molar-refractivity contribution in [2.24, 2.45) is 0 Å². The number of amides is 2. The van der Waals surface area contributed by atoms with E-state index in [1.807, 2.05) is 0 Å². The molecular weight excluding hydrogens is 220 g/mol. The van der Waals surface area contributed by atoms with Gasteiger partial charge in [0.05, 0.1) is 12.7 Å². The molecule has 1 atom stereocenters. The molecule has 0 aliphatic carbocycles. The van der Waals surface area contributed by atoms with Crippen LogP contribution in [0.5, 0.6) is 0 Å². The molecular formula is C12H18N2O3. The van der Waals surface area contributed by atoms with E-state index in [1.165, 1.54) is 0 Å². The van der Waals surface area contributed by atoms with Crippen molar-refractivity contribution in [3.8, 4) is 0 Å². The molecule has 3 N–H and O–H groups in total. The Morgan fingerprint density at radius 1 is 1.41 bits per heavy atom. The van der Waals surface area contributed by atoms with Crippen molar-refractivity contribution in [3.05, 3.63) is 29.8 Å². The van der Waals surface area contributed by atoms with Crippen LogP contribution in [0.4, 0.5) is 10.5 Å². The first-order valence-corrected chi connectivity index (χ1v) is 5.45. The van der Waals surface area contributed by atoms with Crippen LogP contribution in [0.1, 0.15) is 18.6 Å². The van der Waals surface area contributed by atoms with Crippen molar-refractivity contribution < 1.29 is 14.6 Å². The third-order valence-corrected chi connectivity index (χ3v) is 2.24. The van der Waals surface area contributed by atoms with E-state index >= 15 is 0 Å². The molecule has 1 rings (SSSR count). The molecule has 0 bridgehead atoms. The van der Waals surface area contributed by atoms with Gasteiger partial charge in [-0.2, -0.15) is 0 Å². The minimum Gasteiger partial charge on any atom is -0.389 e. The average Bonchev–Trinajstić information content (AvgIpc) is 2.30. The minimum absolute atomic E-state index is 0.271. The van der Waals surface area contributed by atoms with Gasteiger partial charge in [0.2, 0.25) is 0 Å². The molecule has 0 radical (unpaired) electrons. The fraction of sp³-hybridized carbons (Fsp3) is 0.417. The van der Waals surface area contributed by atoms with Gasteiger partial charge < -0.3 is 20.5 Å². The standard InChI is InChI=1S/C12H18N2O3/c1-9(15)10-3-5-11(6-4-10)14-12(16)13-7-8-17-2/h3-6,9,15H,7-8H2,1-2H3,(H2,13,14,16). The van der Waals surface area contributed by atoms with Crippen molar-refractivity contribution in [2.45, 2.75) is 13.0 Å². The van der Waals surface area contributed by atoms with E-state index < -0.39 is 6.10 Å². The van der Waals surface area contributed by atoms with Crippen LogP contribution in [0.25, 0.3) is 0 Å². The number of ether oxygens (including phenoxy) is 1. The van der Waals surface area contributed by atoms with Crippen molar-refractivity contribution in [1.82, 2.24) is 5.32 Å². The molecule has 0 aromatic heterocycles. The van der Waals surface area contributed by atoms with Crippen molar-refractivity contribution in [1.29, 1.82) is 0 Å². The highest BCUT2D eigenvalue weighted by Gasteiger charge is 2.02. The smallest absolute Gasteiger partial charge is 0.319 e. The molecule has 0 saturated carbocycles. The van der Waals surface area contributed by atoms with E-state index in [4.69, 9.17) is 4.74 Å². The summed E-state index contributed by atoms with van der Waals surface area (Å²) >= 11 is 0. The number of hydrogen-bond acceptors (Lipinski definition) is 3. The van der Waals surface area contributed by atoms with Crippen LogP contribution in [-0.4, -0.2) is 31.4 Å². The lowest BCUT2D eigenvalue weighted by Crippen LogP contribution is -2.31. The molecule has 0 aliphatic rings. The fourth-order valence-electron chi connectivity index (χ4n) is 1.29. The molecule has 17 heavy (non-hydrogen) atoms. The quantitative estimate of drug-likeness (QED) is 0.681. The Balaban J connectivity index is 2.43. The number of urea groups is 1. The van der Waals surface area contributed by atoms with Crippen LogP contribution in [0.15, 0.2) is 24.3 Å². The molecule has 0 saturated heterocycles. The van der Waals surface area contributed by atoms with Gasteiger partial charge in [0.15, 0.2) is 0 Å². The summed E-state index contributed by atoms with van der Waals surface area (Å²) in [6.45, 7) is 2.64. The lowest BCUT2D eigenvalue weighted by Gasteiger charge is -2.09. The van der Waals surface area contributed by atoms with Gasteiger partial charge >= 0.3 is 6.03 Å². The summed E-state index contributed by atoms with van der Waals surface area (Å²) in [5.74, 6) is 0. The first-order valence-electron chi connectivity index (χ1n) is 5.45. The molecule has 5 nitrogen and oxygen atoms in total. The van der Waals surface area contributed by atoms with Gasteiger partial charge in [-0.15, -0.1) is 0 Å². The summed E-state index contributed by atoms with van der Waals surface area (Å²) in [4.78, 5) is 11.4. The monoisotopic (exact) mass is 238 g/mol. The number of nitrogens with one attached hydrogen (secondary N) is 2. The number of aliphatic hydroxyl groups is 1. The fourth-order valence-corrected chi connectivity index (χ4v) is 1.29. The number of benzene rings is 1. The second-order valence-electron chi connectivity index (χ2n) is 3.67. The Hall–Kier alpha value is -1.59. The van der Waals surface area contributed by atoms with Gasteiger partial charge in [0.25, 0.3) is 0 Å². The summed E-state index contributed by atoms with van der Waals surface area (Å²) in [6.07, 6.45) is -0.500. The van der Waals surface area contributed by atoms with Gasteiger partial charge in [0.1, 0.15) is 0 Å².